The molecule has 0 spiro atoms. The Hall–Kier alpha value is -3.09. The molecule has 5 atom stereocenters. The van der Waals surface area contributed by atoms with E-state index < -0.39 is 48.5 Å². The molecular formula is C21H22O11. The summed E-state index contributed by atoms with van der Waals surface area (Å²) in [6, 6.07) is 5.88. The van der Waals surface area contributed by atoms with E-state index in [2.05, 4.69) is 0 Å². The lowest BCUT2D eigenvalue weighted by molar-refractivity contribution is -0.277. The van der Waals surface area contributed by atoms with E-state index >= 15 is 0 Å². The third kappa shape index (κ3) is 3.49. The number of phenols is 1. The van der Waals surface area contributed by atoms with Crippen LogP contribution in [0.3, 0.4) is 0 Å². The van der Waals surface area contributed by atoms with Gasteiger partial charge < -0.3 is 48.9 Å². The zero-order valence-electron chi connectivity index (χ0n) is 17.1. The smallest absolute Gasteiger partial charge is 0.229 e. The van der Waals surface area contributed by atoms with E-state index in [9.17, 15) is 30.3 Å². The number of hydrogen-bond acceptors (Lipinski definition) is 11. The van der Waals surface area contributed by atoms with Crippen LogP contribution in [0.2, 0.25) is 0 Å². The largest absolute Gasteiger partial charge is 0.504 e. The highest BCUT2D eigenvalue weighted by Gasteiger charge is 2.45. The van der Waals surface area contributed by atoms with E-state index in [0.29, 0.717) is 5.75 Å². The van der Waals surface area contributed by atoms with E-state index in [0.717, 1.165) is 0 Å². The number of ether oxygens (including phenoxy) is 4. The Kier molecular flexibility index (Phi) is 5.84. The van der Waals surface area contributed by atoms with Crippen molar-refractivity contribution < 1.29 is 48.9 Å². The Balaban J connectivity index is 1.83. The number of hydrogen-bond donors (Lipinski definition) is 5. The van der Waals surface area contributed by atoms with Crippen LogP contribution in [0.1, 0.15) is 0 Å². The van der Waals surface area contributed by atoms with Crippen LogP contribution >= 0.6 is 0 Å². The molecule has 1 aliphatic rings. The van der Waals surface area contributed by atoms with Crippen molar-refractivity contribution in [2.45, 2.75) is 30.7 Å². The second-order valence-corrected chi connectivity index (χ2v) is 7.24. The molecule has 1 saturated heterocycles. The first-order chi connectivity index (χ1) is 15.3. The van der Waals surface area contributed by atoms with Gasteiger partial charge in [-0.2, -0.15) is 0 Å². The monoisotopic (exact) mass is 450 g/mol. The van der Waals surface area contributed by atoms with Crippen molar-refractivity contribution >= 4 is 21.9 Å². The Morgan fingerprint density at radius 2 is 1.75 bits per heavy atom. The van der Waals surface area contributed by atoms with Gasteiger partial charge in [0.1, 0.15) is 46.7 Å². The molecular weight excluding hydrogens is 428 g/mol. The molecule has 5 N–H and O–H groups in total. The number of aliphatic hydroxyl groups is 4. The number of rotatable bonds is 5. The summed E-state index contributed by atoms with van der Waals surface area (Å²) < 4.78 is 27.0. The van der Waals surface area contributed by atoms with E-state index in [1.807, 2.05) is 0 Å². The number of aromatic hydroxyl groups is 1. The minimum Gasteiger partial charge on any atom is -0.504 e. The van der Waals surface area contributed by atoms with Crippen LogP contribution in [0.25, 0.3) is 21.9 Å². The molecule has 0 saturated carbocycles. The van der Waals surface area contributed by atoms with Gasteiger partial charge in [0, 0.05) is 6.07 Å². The lowest BCUT2D eigenvalue weighted by Gasteiger charge is -2.39. The summed E-state index contributed by atoms with van der Waals surface area (Å²) in [5.74, 6) is -0.553. The first-order valence-corrected chi connectivity index (χ1v) is 9.62. The van der Waals surface area contributed by atoms with Crippen molar-refractivity contribution in [3.8, 4) is 23.0 Å². The summed E-state index contributed by atoms with van der Waals surface area (Å²) >= 11 is 0. The van der Waals surface area contributed by atoms with Crippen LogP contribution in [0.4, 0.5) is 0 Å². The van der Waals surface area contributed by atoms with Gasteiger partial charge in [-0.15, -0.1) is 0 Å². The number of benzene rings is 2. The Labute approximate surface area is 180 Å². The fraction of sp³-hybridized carbons (Fsp3) is 0.381. The van der Waals surface area contributed by atoms with Crippen molar-refractivity contribution in [2.24, 2.45) is 0 Å². The van der Waals surface area contributed by atoms with Crippen molar-refractivity contribution in [1.82, 2.24) is 0 Å². The van der Waals surface area contributed by atoms with E-state index in [4.69, 9.17) is 23.4 Å². The van der Waals surface area contributed by atoms with Crippen LogP contribution in [0.15, 0.2) is 33.5 Å². The molecule has 0 bridgehead atoms. The van der Waals surface area contributed by atoms with E-state index in [-0.39, 0.29) is 33.4 Å². The topological polar surface area (TPSA) is 168 Å². The number of fused-ring (bicyclic) bond motifs is 2. The zero-order valence-corrected chi connectivity index (χ0v) is 17.1. The predicted molar refractivity (Wildman–Crippen MR) is 109 cm³/mol. The van der Waals surface area contributed by atoms with Gasteiger partial charge in [-0.05, 0) is 18.2 Å². The fourth-order valence-corrected chi connectivity index (χ4v) is 3.63. The lowest BCUT2D eigenvalue weighted by atomic mass is 9.99. The van der Waals surface area contributed by atoms with Crippen molar-refractivity contribution in [2.75, 3.05) is 20.8 Å². The minimum absolute atomic E-state index is 0.0365. The van der Waals surface area contributed by atoms with Crippen molar-refractivity contribution in [1.29, 1.82) is 0 Å². The summed E-state index contributed by atoms with van der Waals surface area (Å²) in [6.07, 6.45) is -7.65. The summed E-state index contributed by atoms with van der Waals surface area (Å²) in [6.45, 7) is -0.644. The SMILES string of the molecule is COc1ccc2oc3cc(OC4O[C@H](CO)[C@@H](O)[C@H](O)[C@H]4O)c(OC)c(O)c3c(=O)c2c1. The molecule has 0 amide bonds. The fourth-order valence-electron chi connectivity index (χ4n) is 3.63. The summed E-state index contributed by atoms with van der Waals surface area (Å²) in [5.41, 5.74) is -0.340. The third-order valence-corrected chi connectivity index (χ3v) is 5.36. The molecule has 1 unspecified atom stereocenters. The molecule has 1 fully saturated rings. The van der Waals surface area contributed by atoms with Crippen LogP contribution in [0.5, 0.6) is 23.0 Å². The second-order valence-electron chi connectivity index (χ2n) is 7.24. The molecule has 3 aromatic rings. The standard InChI is InChI=1S/C21H22O11/c1-28-8-3-4-10-9(5-8)15(23)14-11(30-10)6-12(20(29-2)17(14)25)31-21-19(27)18(26)16(24)13(7-22)32-21/h3-6,13,16,18-19,21-22,24-27H,7H2,1-2H3/t13-,16-,18+,19-,21?/m1/s1. The highest BCUT2D eigenvalue weighted by atomic mass is 16.7. The first kappa shape index (κ1) is 22.1. The van der Waals surface area contributed by atoms with Crippen LogP contribution in [-0.2, 0) is 4.74 Å². The van der Waals surface area contributed by atoms with Gasteiger partial charge in [0.25, 0.3) is 0 Å². The molecule has 172 valence electrons. The van der Waals surface area contributed by atoms with Gasteiger partial charge in [-0.3, -0.25) is 4.79 Å². The minimum atomic E-state index is -1.69. The molecule has 11 nitrogen and oxygen atoms in total. The second kappa shape index (κ2) is 8.45. The van der Waals surface area contributed by atoms with E-state index in [1.165, 1.54) is 32.4 Å². The zero-order chi connectivity index (χ0) is 23.2. The molecule has 2 aromatic carbocycles. The average Bonchev–Trinajstić information content (AvgIpc) is 2.79. The Morgan fingerprint density at radius 1 is 1.00 bits per heavy atom. The van der Waals surface area contributed by atoms with Gasteiger partial charge >= 0.3 is 0 Å². The quantitative estimate of drug-likeness (QED) is 0.328. The number of aliphatic hydroxyl groups excluding tert-OH is 4. The molecule has 4 rings (SSSR count). The number of methoxy groups -OCH3 is 2. The van der Waals surface area contributed by atoms with Crippen LogP contribution in [0, 0.1) is 0 Å². The summed E-state index contributed by atoms with van der Waals surface area (Å²) in [7, 11) is 2.68. The van der Waals surface area contributed by atoms with Gasteiger partial charge in [0.05, 0.1) is 26.2 Å². The van der Waals surface area contributed by atoms with Gasteiger partial charge in [0.2, 0.25) is 17.5 Å². The first-order valence-electron chi connectivity index (χ1n) is 9.62. The maximum atomic E-state index is 13.0. The normalized spacial score (nSPS) is 25.8. The molecule has 32 heavy (non-hydrogen) atoms. The predicted octanol–water partition coefficient (Wildman–Crippen LogP) is -0.152. The molecule has 1 aromatic heterocycles. The van der Waals surface area contributed by atoms with Gasteiger partial charge in [-0.25, -0.2) is 0 Å². The Morgan fingerprint density at radius 3 is 2.41 bits per heavy atom. The summed E-state index contributed by atoms with van der Waals surface area (Å²) in [5, 5.41) is 50.2. The molecule has 0 radical (unpaired) electrons. The van der Waals surface area contributed by atoms with Crippen LogP contribution < -0.4 is 19.6 Å². The van der Waals surface area contributed by atoms with E-state index in [1.54, 1.807) is 6.07 Å². The lowest BCUT2D eigenvalue weighted by Crippen LogP contribution is -2.60. The molecule has 0 aliphatic carbocycles. The Bertz CT molecular complexity index is 1200. The molecule has 2 heterocycles. The molecule has 11 heteroatoms. The highest BCUT2D eigenvalue weighted by molar-refractivity contribution is 5.96. The van der Waals surface area contributed by atoms with Crippen LogP contribution in [-0.4, -0.2) is 77.1 Å². The van der Waals surface area contributed by atoms with Gasteiger partial charge in [0.15, 0.2) is 11.5 Å². The van der Waals surface area contributed by atoms with Crippen molar-refractivity contribution in [3.63, 3.8) is 0 Å². The average molecular weight is 450 g/mol. The highest BCUT2D eigenvalue weighted by Crippen LogP contribution is 2.43. The molecule has 1 aliphatic heterocycles. The maximum Gasteiger partial charge on any atom is 0.229 e. The summed E-state index contributed by atoms with van der Waals surface area (Å²) in [4.78, 5) is 13.0. The van der Waals surface area contributed by atoms with Crippen molar-refractivity contribution in [3.05, 3.63) is 34.5 Å². The third-order valence-electron chi connectivity index (χ3n) is 5.36. The maximum absolute atomic E-state index is 13.0. The van der Waals surface area contributed by atoms with Gasteiger partial charge in [-0.1, -0.05) is 0 Å². The number of phenolic OH excluding ortho intramolecular Hbond substituents is 1.